The number of carbonyl (C=O) groups excluding carboxylic acids is 1. The molecule has 6 nitrogen and oxygen atoms in total. The van der Waals surface area contributed by atoms with Gasteiger partial charge in [0.25, 0.3) is 0 Å². The van der Waals surface area contributed by atoms with E-state index in [0.29, 0.717) is 0 Å². The number of hydrogen-bond acceptors (Lipinski definition) is 5. The second-order valence-corrected chi connectivity index (χ2v) is 4.32. The van der Waals surface area contributed by atoms with Crippen molar-refractivity contribution in [1.82, 2.24) is 0 Å². The summed E-state index contributed by atoms with van der Waals surface area (Å²) in [6, 6.07) is -2.15. The van der Waals surface area contributed by atoms with E-state index in [2.05, 4.69) is 0 Å². The van der Waals surface area contributed by atoms with Gasteiger partial charge in [0.15, 0.2) is 0 Å². The first-order valence-corrected chi connectivity index (χ1v) is 4.60. The number of rotatable bonds is 4. The standard InChI is InChI=1S/C9H18N2O4/c1-9(2,3)15-8(14)6(11)4-5(10)7(12)13/h5-6H,4,10-11H2,1-3H3,(H,12,13)/t5-,6+/m1/s1. The van der Waals surface area contributed by atoms with Crippen molar-refractivity contribution < 1.29 is 19.4 Å². The van der Waals surface area contributed by atoms with Crippen LogP contribution in [0.25, 0.3) is 0 Å². The van der Waals surface area contributed by atoms with Crippen LogP contribution >= 0.6 is 0 Å². The highest BCUT2D eigenvalue weighted by atomic mass is 16.6. The van der Waals surface area contributed by atoms with Crippen LogP contribution in [0.1, 0.15) is 27.2 Å². The zero-order valence-corrected chi connectivity index (χ0v) is 9.19. The van der Waals surface area contributed by atoms with Gasteiger partial charge in [-0.25, -0.2) is 0 Å². The molecule has 0 bridgehead atoms. The van der Waals surface area contributed by atoms with Crippen molar-refractivity contribution in [1.29, 1.82) is 0 Å². The molecule has 0 spiro atoms. The molecule has 0 unspecified atom stereocenters. The fourth-order valence-electron chi connectivity index (χ4n) is 0.848. The molecule has 0 aliphatic heterocycles. The Morgan fingerprint density at radius 3 is 2.07 bits per heavy atom. The third-order valence-corrected chi connectivity index (χ3v) is 1.53. The quantitative estimate of drug-likeness (QED) is 0.545. The van der Waals surface area contributed by atoms with Gasteiger partial charge < -0.3 is 21.3 Å². The summed E-state index contributed by atoms with van der Waals surface area (Å²) in [5.74, 6) is -1.83. The largest absolute Gasteiger partial charge is 0.480 e. The third-order valence-electron chi connectivity index (χ3n) is 1.53. The van der Waals surface area contributed by atoms with E-state index in [1.807, 2.05) is 0 Å². The highest BCUT2D eigenvalue weighted by Crippen LogP contribution is 2.09. The van der Waals surface area contributed by atoms with E-state index in [9.17, 15) is 9.59 Å². The summed E-state index contributed by atoms with van der Waals surface area (Å²) < 4.78 is 4.97. The Balaban J connectivity index is 4.17. The molecule has 2 atom stereocenters. The number of esters is 1. The van der Waals surface area contributed by atoms with Crippen molar-refractivity contribution in [3.05, 3.63) is 0 Å². The first-order valence-electron chi connectivity index (χ1n) is 4.60. The molecule has 0 aromatic heterocycles. The summed E-state index contributed by atoms with van der Waals surface area (Å²) in [6.45, 7) is 5.11. The Kier molecular flexibility index (Phi) is 4.70. The Labute approximate surface area is 88.6 Å². The summed E-state index contributed by atoms with van der Waals surface area (Å²) in [5.41, 5.74) is 10.0. The van der Waals surface area contributed by atoms with Crippen LogP contribution in [0.15, 0.2) is 0 Å². The van der Waals surface area contributed by atoms with Gasteiger partial charge in [-0.05, 0) is 27.2 Å². The van der Waals surface area contributed by atoms with Crippen molar-refractivity contribution in [2.45, 2.75) is 44.9 Å². The lowest BCUT2D eigenvalue weighted by molar-refractivity contribution is -0.156. The zero-order valence-electron chi connectivity index (χ0n) is 9.19. The molecule has 0 heterocycles. The molecule has 5 N–H and O–H groups in total. The molecule has 0 aliphatic rings. The molecule has 0 rings (SSSR count). The average molecular weight is 218 g/mol. The molecular weight excluding hydrogens is 200 g/mol. The summed E-state index contributed by atoms with van der Waals surface area (Å²) >= 11 is 0. The van der Waals surface area contributed by atoms with E-state index in [1.165, 1.54) is 0 Å². The van der Waals surface area contributed by atoms with Crippen LogP contribution in [0, 0.1) is 0 Å². The Morgan fingerprint density at radius 1 is 1.27 bits per heavy atom. The molecule has 0 saturated heterocycles. The van der Waals surface area contributed by atoms with Gasteiger partial charge in [-0.3, -0.25) is 9.59 Å². The Hall–Kier alpha value is -1.14. The van der Waals surface area contributed by atoms with E-state index in [-0.39, 0.29) is 6.42 Å². The topological polar surface area (TPSA) is 116 Å². The first kappa shape index (κ1) is 13.9. The number of carbonyl (C=O) groups is 2. The van der Waals surface area contributed by atoms with Gasteiger partial charge >= 0.3 is 11.9 Å². The molecule has 0 aliphatic carbocycles. The van der Waals surface area contributed by atoms with Gasteiger partial charge in [-0.2, -0.15) is 0 Å². The average Bonchev–Trinajstić information content (AvgIpc) is 2.00. The van der Waals surface area contributed by atoms with Crippen LogP contribution in [-0.4, -0.2) is 34.7 Å². The lowest BCUT2D eigenvalue weighted by atomic mass is 10.1. The highest BCUT2D eigenvalue weighted by Gasteiger charge is 2.25. The summed E-state index contributed by atoms with van der Waals surface area (Å²) in [6.07, 6.45) is -0.135. The normalized spacial score (nSPS) is 15.5. The molecule has 6 heteroatoms. The fourth-order valence-corrected chi connectivity index (χ4v) is 0.848. The molecule has 0 aromatic carbocycles. The zero-order chi connectivity index (χ0) is 12.2. The lowest BCUT2D eigenvalue weighted by Gasteiger charge is -2.22. The van der Waals surface area contributed by atoms with Crippen LogP contribution in [0.2, 0.25) is 0 Å². The van der Waals surface area contributed by atoms with Crippen LogP contribution < -0.4 is 11.5 Å². The Bertz CT molecular complexity index is 247. The lowest BCUT2D eigenvalue weighted by Crippen LogP contribution is -2.43. The second-order valence-electron chi connectivity index (χ2n) is 4.32. The minimum atomic E-state index is -1.19. The van der Waals surface area contributed by atoms with Crippen LogP contribution in [0.5, 0.6) is 0 Å². The molecule has 0 saturated carbocycles. The minimum Gasteiger partial charge on any atom is -0.480 e. The molecule has 0 amide bonds. The van der Waals surface area contributed by atoms with E-state index in [1.54, 1.807) is 20.8 Å². The number of carboxylic acid groups (broad SMARTS) is 1. The summed E-state index contributed by atoms with van der Waals surface area (Å²) in [4.78, 5) is 21.7. The van der Waals surface area contributed by atoms with E-state index in [0.717, 1.165) is 0 Å². The summed E-state index contributed by atoms with van der Waals surface area (Å²) in [7, 11) is 0. The maximum absolute atomic E-state index is 11.3. The number of hydrogen-bond donors (Lipinski definition) is 3. The van der Waals surface area contributed by atoms with Crippen LogP contribution in [-0.2, 0) is 14.3 Å². The van der Waals surface area contributed by atoms with Crippen molar-refractivity contribution in [2.75, 3.05) is 0 Å². The monoisotopic (exact) mass is 218 g/mol. The highest BCUT2D eigenvalue weighted by molar-refractivity contribution is 5.78. The predicted molar refractivity (Wildman–Crippen MR) is 54.0 cm³/mol. The summed E-state index contributed by atoms with van der Waals surface area (Å²) in [5, 5.41) is 8.51. The molecule has 15 heavy (non-hydrogen) atoms. The van der Waals surface area contributed by atoms with Gasteiger partial charge in [0, 0.05) is 0 Å². The number of aliphatic carboxylic acids is 1. The van der Waals surface area contributed by atoms with E-state index < -0.39 is 29.6 Å². The number of ether oxygens (including phenoxy) is 1. The molecule has 0 radical (unpaired) electrons. The van der Waals surface area contributed by atoms with Gasteiger partial charge in [-0.15, -0.1) is 0 Å². The first-order chi connectivity index (χ1) is 6.63. The van der Waals surface area contributed by atoms with Crippen molar-refractivity contribution in [3.8, 4) is 0 Å². The molecule has 88 valence electrons. The third kappa shape index (κ3) is 6.03. The van der Waals surface area contributed by atoms with Gasteiger partial charge in [0.2, 0.25) is 0 Å². The molecule has 0 aromatic rings. The van der Waals surface area contributed by atoms with Gasteiger partial charge in [-0.1, -0.05) is 0 Å². The minimum absolute atomic E-state index is 0.135. The fraction of sp³-hybridized carbons (Fsp3) is 0.778. The maximum Gasteiger partial charge on any atom is 0.323 e. The van der Waals surface area contributed by atoms with Gasteiger partial charge in [0.1, 0.15) is 17.7 Å². The molecule has 0 fully saturated rings. The van der Waals surface area contributed by atoms with E-state index in [4.69, 9.17) is 21.3 Å². The van der Waals surface area contributed by atoms with Crippen molar-refractivity contribution in [3.63, 3.8) is 0 Å². The number of nitrogens with two attached hydrogens (primary N) is 2. The maximum atomic E-state index is 11.3. The predicted octanol–water partition coefficient (Wildman–Crippen LogP) is -0.543. The second kappa shape index (κ2) is 5.09. The van der Waals surface area contributed by atoms with Crippen molar-refractivity contribution >= 4 is 11.9 Å². The van der Waals surface area contributed by atoms with Gasteiger partial charge in [0.05, 0.1) is 0 Å². The molecular formula is C9H18N2O4. The SMILES string of the molecule is CC(C)(C)OC(=O)[C@@H](N)C[C@@H](N)C(=O)O. The Morgan fingerprint density at radius 2 is 1.73 bits per heavy atom. The van der Waals surface area contributed by atoms with Crippen molar-refractivity contribution in [2.24, 2.45) is 11.5 Å². The van der Waals surface area contributed by atoms with Crippen LogP contribution in [0.3, 0.4) is 0 Å². The number of carboxylic acids is 1. The van der Waals surface area contributed by atoms with Crippen LogP contribution in [0.4, 0.5) is 0 Å². The smallest absolute Gasteiger partial charge is 0.323 e. The van der Waals surface area contributed by atoms with E-state index >= 15 is 0 Å².